The number of aromatic carboxylic acids is 1. The summed E-state index contributed by atoms with van der Waals surface area (Å²) in [7, 11) is 0. The molecule has 2 N–H and O–H groups in total. The van der Waals surface area contributed by atoms with E-state index in [4.69, 9.17) is 0 Å². The maximum atomic E-state index is 13.7. The van der Waals surface area contributed by atoms with Gasteiger partial charge in [-0.15, -0.1) is 0 Å². The first kappa shape index (κ1) is 28.8. The summed E-state index contributed by atoms with van der Waals surface area (Å²) in [6, 6.07) is 35.5. The van der Waals surface area contributed by atoms with E-state index in [2.05, 4.69) is 41.7 Å². The number of carboxylic acid groups (broad SMARTS) is 1. The maximum Gasteiger partial charge on any atom is 0.335 e. The molecule has 1 amide bonds. The fourth-order valence-electron chi connectivity index (χ4n) is 4.84. The lowest BCUT2D eigenvalue weighted by Gasteiger charge is -2.24. The second kappa shape index (κ2) is 15.4. The third-order valence-electron chi connectivity index (χ3n) is 6.99. The summed E-state index contributed by atoms with van der Waals surface area (Å²) < 4.78 is 0. The summed E-state index contributed by atoms with van der Waals surface area (Å²) in [4.78, 5) is 27.0. The number of benzene rings is 4. The van der Waals surface area contributed by atoms with Gasteiger partial charge in [0.15, 0.2) is 0 Å². The van der Waals surface area contributed by atoms with Crippen LogP contribution in [0.25, 0.3) is 0 Å². The van der Waals surface area contributed by atoms with Crippen molar-refractivity contribution in [2.24, 2.45) is 0 Å². The van der Waals surface area contributed by atoms with E-state index in [9.17, 15) is 14.7 Å². The summed E-state index contributed by atoms with van der Waals surface area (Å²) in [6.45, 7) is 2.58. The van der Waals surface area contributed by atoms with Gasteiger partial charge in [-0.05, 0) is 85.2 Å². The van der Waals surface area contributed by atoms with Crippen molar-refractivity contribution >= 4 is 11.9 Å². The van der Waals surface area contributed by atoms with Gasteiger partial charge in [-0.2, -0.15) is 0 Å². The molecular weight excluding hydrogens is 496 g/mol. The van der Waals surface area contributed by atoms with Crippen molar-refractivity contribution in [3.8, 4) is 0 Å². The molecule has 4 rings (SSSR count). The molecule has 0 aromatic heterocycles. The van der Waals surface area contributed by atoms with Crippen LogP contribution >= 0.6 is 0 Å². The predicted octanol–water partition coefficient (Wildman–Crippen LogP) is 6.77. The van der Waals surface area contributed by atoms with Gasteiger partial charge in [-0.1, -0.05) is 84.9 Å². The van der Waals surface area contributed by atoms with Gasteiger partial charge < -0.3 is 15.3 Å². The van der Waals surface area contributed by atoms with Gasteiger partial charge in [-0.3, -0.25) is 4.79 Å². The fraction of sp³-hybridized carbons (Fsp3) is 0.257. The molecule has 0 unspecified atom stereocenters. The van der Waals surface area contributed by atoms with Crippen LogP contribution in [0.4, 0.5) is 0 Å². The highest BCUT2D eigenvalue weighted by atomic mass is 16.4. The third kappa shape index (κ3) is 9.21. The van der Waals surface area contributed by atoms with Crippen LogP contribution in [0.15, 0.2) is 109 Å². The molecule has 0 aliphatic rings. The van der Waals surface area contributed by atoms with Gasteiger partial charge in [0.2, 0.25) is 0 Å². The third-order valence-corrected chi connectivity index (χ3v) is 6.99. The Labute approximate surface area is 237 Å². The molecule has 0 spiro atoms. The Morgan fingerprint density at radius 1 is 0.625 bits per heavy atom. The Hall–Kier alpha value is -4.22. The SMILES string of the molecule is O=C(O)c1cccc(CN(CCCCc2ccccc2)C(=O)c2cccc(CNCCCc3ccccc3)c2)c1. The summed E-state index contributed by atoms with van der Waals surface area (Å²) in [5, 5.41) is 12.9. The lowest BCUT2D eigenvalue weighted by molar-refractivity contribution is 0.0696. The summed E-state index contributed by atoms with van der Waals surface area (Å²) >= 11 is 0. The first-order chi connectivity index (χ1) is 19.6. The van der Waals surface area contributed by atoms with E-state index in [0.717, 1.165) is 49.8 Å². The number of carbonyl (C=O) groups excluding carboxylic acids is 1. The van der Waals surface area contributed by atoms with Crippen molar-refractivity contribution in [1.82, 2.24) is 10.2 Å². The highest BCUT2D eigenvalue weighted by Gasteiger charge is 2.17. The molecule has 4 aromatic rings. The van der Waals surface area contributed by atoms with Crippen LogP contribution in [0.1, 0.15) is 62.2 Å². The summed E-state index contributed by atoms with van der Waals surface area (Å²) in [6.07, 6.45) is 4.88. The van der Waals surface area contributed by atoms with Gasteiger partial charge in [0, 0.05) is 25.2 Å². The largest absolute Gasteiger partial charge is 0.478 e. The van der Waals surface area contributed by atoms with E-state index in [1.807, 2.05) is 59.5 Å². The lowest BCUT2D eigenvalue weighted by Crippen LogP contribution is -2.32. The van der Waals surface area contributed by atoms with Gasteiger partial charge in [-0.25, -0.2) is 4.79 Å². The fourth-order valence-corrected chi connectivity index (χ4v) is 4.84. The summed E-state index contributed by atoms with van der Waals surface area (Å²) in [5.41, 5.74) is 5.40. The molecule has 40 heavy (non-hydrogen) atoms. The minimum absolute atomic E-state index is 0.0358. The van der Waals surface area contributed by atoms with Crippen molar-refractivity contribution in [2.75, 3.05) is 13.1 Å². The maximum absolute atomic E-state index is 13.7. The van der Waals surface area contributed by atoms with Crippen LogP contribution in [0.5, 0.6) is 0 Å². The van der Waals surface area contributed by atoms with Gasteiger partial charge in [0.05, 0.1) is 5.56 Å². The number of nitrogens with zero attached hydrogens (tertiary/aromatic N) is 1. The molecule has 0 aliphatic carbocycles. The number of amides is 1. The Balaban J connectivity index is 1.37. The molecular formula is C35H38N2O3. The molecule has 0 atom stereocenters. The number of aryl methyl sites for hydroxylation is 2. The molecule has 0 radical (unpaired) electrons. The monoisotopic (exact) mass is 534 g/mol. The van der Waals surface area contributed by atoms with Crippen LogP contribution in [0.2, 0.25) is 0 Å². The number of carboxylic acids is 1. The smallest absolute Gasteiger partial charge is 0.335 e. The highest BCUT2D eigenvalue weighted by molar-refractivity contribution is 5.94. The van der Waals surface area contributed by atoms with Gasteiger partial charge in [0.1, 0.15) is 0 Å². The van der Waals surface area contributed by atoms with Crippen LogP contribution in [-0.2, 0) is 25.9 Å². The van der Waals surface area contributed by atoms with Crippen LogP contribution in [0.3, 0.4) is 0 Å². The first-order valence-corrected chi connectivity index (χ1v) is 14.1. The van der Waals surface area contributed by atoms with Crippen LogP contribution < -0.4 is 5.32 Å². The standard InChI is InChI=1S/C35H38N2O3/c38-34(32-20-9-17-30(24-32)26-36-22-11-19-29-14-5-2-6-15-29)37(23-8-7-16-28-12-3-1-4-13-28)27-31-18-10-21-33(25-31)35(39)40/h1-6,9-10,12-15,17-18,20-21,24-25,36H,7-8,11,16,19,22-23,26-27H2,(H,39,40). The minimum atomic E-state index is -0.966. The lowest BCUT2D eigenvalue weighted by atomic mass is 10.1. The van der Waals surface area contributed by atoms with Gasteiger partial charge >= 0.3 is 5.97 Å². The Morgan fingerprint density at radius 3 is 1.88 bits per heavy atom. The predicted molar refractivity (Wildman–Crippen MR) is 160 cm³/mol. The summed E-state index contributed by atoms with van der Waals surface area (Å²) in [5.74, 6) is -1.00. The molecule has 0 saturated carbocycles. The molecule has 4 aromatic carbocycles. The molecule has 206 valence electrons. The van der Waals surface area contributed by atoms with E-state index >= 15 is 0 Å². The van der Waals surface area contributed by atoms with Crippen molar-refractivity contribution in [3.05, 3.63) is 143 Å². The van der Waals surface area contributed by atoms with Gasteiger partial charge in [0.25, 0.3) is 5.91 Å². The number of unbranched alkanes of at least 4 members (excludes halogenated alkanes) is 1. The Morgan fingerprint density at radius 2 is 1.20 bits per heavy atom. The van der Waals surface area contributed by atoms with E-state index in [1.54, 1.807) is 18.2 Å². The molecule has 5 nitrogen and oxygen atoms in total. The van der Waals surface area contributed by atoms with Crippen LogP contribution in [0, 0.1) is 0 Å². The van der Waals surface area contributed by atoms with Crippen molar-refractivity contribution in [3.63, 3.8) is 0 Å². The number of hydrogen-bond donors (Lipinski definition) is 2. The van der Waals surface area contributed by atoms with E-state index in [0.29, 0.717) is 25.2 Å². The zero-order valence-corrected chi connectivity index (χ0v) is 23.0. The topological polar surface area (TPSA) is 69.6 Å². The molecule has 5 heteroatoms. The first-order valence-electron chi connectivity index (χ1n) is 14.1. The number of nitrogens with one attached hydrogen (secondary N) is 1. The van der Waals surface area contributed by atoms with E-state index in [-0.39, 0.29) is 11.5 Å². The molecule has 0 aliphatic heterocycles. The molecule has 0 heterocycles. The average molecular weight is 535 g/mol. The van der Waals surface area contributed by atoms with Crippen LogP contribution in [-0.4, -0.2) is 35.0 Å². The van der Waals surface area contributed by atoms with E-state index < -0.39 is 5.97 Å². The zero-order valence-electron chi connectivity index (χ0n) is 23.0. The number of rotatable bonds is 15. The molecule has 0 fully saturated rings. The second-order valence-corrected chi connectivity index (χ2v) is 10.1. The normalized spacial score (nSPS) is 10.8. The van der Waals surface area contributed by atoms with Crippen molar-refractivity contribution in [2.45, 2.75) is 45.2 Å². The highest BCUT2D eigenvalue weighted by Crippen LogP contribution is 2.16. The molecule has 0 saturated heterocycles. The average Bonchev–Trinajstić information content (AvgIpc) is 2.99. The number of carbonyl (C=O) groups is 2. The Kier molecular flexibility index (Phi) is 11.1. The van der Waals surface area contributed by atoms with E-state index in [1.165, 1.54) is 11.1 Å². The van der Waals surface area contributed by atoms with Crippen molar-refractivity contribution in [1.29, 1.82) is 0 Å². The Bertz CT molecular complexity index is 1360. The molecule has 0 bridgehead atoms. The zero-order chi connectivity index (χ0) is 28.0. The minimum Gasteiger partial charge on any atom is -0.478 e. The van der Waals surface area contributed by atoms with Crippen molar-refractivity contribution < 1.29 is 14.7 Å². The quantitative estimate of drug-likeness (QED) is 0.165. The number of hydrogen-bond acceptors (Lipinski definition) is 3. The second-order valence-electron chi connectivity index (χ2n) is 10.1.